The molecule has 0 unspecified atom stereocenters. The SMILES string of the molecule is COc1ccc(-c2[o+]c(C)c3cc(OC)c(OC)cc3c2-c2ccccc2)cc1.[O-][Cl+3]([O-])([O-])[O-]. The summed E-state index contributed by atoms with van der Waals surface area (Å²) in [6.07, 6.45) is 0. The Morgan fingerprint density at radius 3 is 1.71 bits per heavy atom. The third-order valence-corrected chi connectivity index (χ3v) is 5.07. The summed E-state index contributed by atoms with van der Waals surface area (Å²) in [7, 11) is 0.00500. The zero-order valence-electron chi connectivity index (χ0n) is 19.0. The van der Waals surface area contributed by atoms with Crippen molar-refractivity contribution < 1.29 is 47.5 Å². The van der Waals surface area contributed by atoms with E-state index in [0.717, 1.165) is 44.7 Å². The van der Waals surface area contributed by atoms with Gasteiger partial charge in [0.2, 0.25) is 0 Å². The number of aryl methyl sites for hydroxylation is 1. The number of hydrogen-bond donors (Lipinski definition) is 0. The van der Waals surface area contributed by atoms with Crippen LogP contribution in [0.5, 0.6) is 17.2 Å². The average Bonchev–Trinajstić information content (AvgIpc) is 2.82. The van der Waals surface area contributed by atoms with Gasteiger partial charge in [0.25, 0.3) is 0 Å². The van der Waals surface area contributed by atoms with Crippen LogP contribution in [0.15, 0.2) is 71.1 Å². The number of rotatable bonds is 5. The first-order valence-electron chi connectivity index (χ1n) is 10.00. The molecular formula is C25H23ClO8. The summed E-state index contributed by atoms with van der Waals surface area (Å²) in [5.74, 6) is 3.78. The second-order valence-electron chi connectivity index (χ2n) is 7.09. The van der Waals surface area contributed by atoms with Crippen LogP contribution < -0.4 is 32.8 Å². The Kier molecular flexibility index (Phi) is 7.93. The highest BCUT2D eigenvalue weighted by Crippen LogP contribution is 2.43. The van der Waals surface area contributed by atoms with Gasteiger partial charge in [0.05, 0.1) is 44.8 Å². The Hall–Kier alpha value is -3.40. The molecule has 0 N–H and O–H groups in total. The molecule has 178 valence electrons. The largest absolute Gasteiger partial charge is 0.497 e. The van der Waals surface area contributed by atoms with E-state index in [1.165, 1.54) is 0 Å². The fraction of sp³-hybridized carbons (Fsp3) is 0.160. The standard InChI is InChI=1S/C25H23O4.ClHO4/c1-16-20-14-22(27-3)23(28-4)15-21(20)24(17-8-6-5-7-9-17)25(29-16)18-10-12-19(26-2)13-11-18;2-1(3,4)5/h5-15H,1-4H3;(H,2,3,4,5)/q+1;/p-1. The van der Waals surface area contributed by atoms with Gasteiger partial charge in [0, 0.05) is 11.5 Å². The Balaban J connectivity index is 0.000000588. The zero-order valence-corrected chi connectivity index (χ0v) is 19.8. The van der Waals surface area contributed by atoms with Gasteiger partial charge in [0.15, 0.2) is 11.5 Å². The van der Waals surface area contributed by atoms with Crippen molar-refractivity contribution in [3.05, 3.63) is 72.5 Å². The van der Waals surface area contributed by atoms with Gasteiger partial charge in [0.1, 0.15) is 5.75 Å². The summed E-state index contributed by atoms with van der Waals surface area (Å²) >= 11 is 0. The molecule has 1 heterocycles. The van der Waals surface area contributed by atoms with Crippen molar-refractivity contribution >= 4 is 10.8 Å². The minimum atomic E-state index is -4.94. The Morgan fingerprint density at radius 1 is 0.676 bits per heavy atom. The summed E-state index contributed by atoms with van der Waals surface area (Å²) in [5.41, 5.74) is 3.06. The second kappa shape index (κ2) is 10.7. The fourth-order valence-electron chi connectivity index (χ4n) is 3.60. The fourth-order valence-corrected chi connectivity index (χ4v) is 3.60. The second-order valence-corrected chi connectivity index (χ2v) is 7.84. The smallest absolute Gasteiger partial charge is 0.368 e. The number of benzene rings is 3. The number of hydrogen-bond acceptors (Lipinski definition) is 7. The molecule has 0 bridgehead atoms. The van der Waals surface area contributed by atoms with E-state index in [0.29, 0.717) is 11.5 Å². The molecule has 0 aliphatic heterocycles. The number of fused-ring (bicyclic) bond motifs is 1. The van der Waals surface area contributed by atoms with E-state index in [2.05, 4.69) is 12.1 Å². The highest BCUT2D eigenvalue weighted by molar-refractivity contribution is 6.04. The van der Waals surface area contributed by atoms with Gasteiger partial charge in [-0.05, 0) is 35.9 Å². The minimum absolute atomic E-state index is 0.675. The first-order chi connectivity index (χ1) is 16.2. The van der Waals surface area contributed by atoms with E-state index in [4.69, 9.17) is 37.3 Å². The highest BCUT2D eigenvalue weighted by Gasteiger charge is 2.27. The molecule has 3 aromatic carbocycles. The van der Waals surface area contributed by atoms with Crippen molar-refractivity contribution in [3.8, 4) is 39.7 Å². The topological polar surface area (TPSA) is 131 Å². The number of ether oxygens (including phenoxy) is 3. The normalized spacial score (nSPS) is 10.9. The monoisotopic (exact) mass is 486 g/mol. The molecule has 0 amide bonds. The van der Waals surface area contributed by atoms with Crippen LogP contribution in [-0.2, 0) is 0 Å². The zero-order chi connectivity index (χ0) is 24.9. The summed E-state index contributed by atoms with van der Waals surface area (Å²) in [6, 6.07) is 22.1. The lowest BCUT2D eigenvalue weighted by molar-refractivity contribution is -2.00. The number of methoxy groups -OCH3 is 3. The molecule has 0 spiro atoms. The maximum absolute atomic E-state index is 8.49. The average molecular weight is 487 g/mol. The van der Waals surface area contributed by atoms with Crippen LogP contribution in [0.3, 0.4) is 0 Å². The minimum Gasteiger partial charge on any atom is -0.497 e. The van der Waals surface area contributed by atoms with E-state index in [1.54, 1.807) is 21.3 Å². The van der Waals surface area contributed by atoms with Crippen molar-refractivity contribution in [2.24, 2.45) is 0 Å². The van der Waals surface area contributed by atoms with Gasteiger partial charge >= 0.3 is 11.5 Å². The van der Waals surface area contributed by atoms with Crippen LogP contribution in [0.2, 0.25) is 0 Å². The maximum Gasteiger partial charge on any atom is 0.368 e. The van der Waals surface area contributed by atoms with E-state index >= 15 is 0 Å². The van der Waals surface area contributed by atoms with Crippen LogP contribution in [0.25, 0.3) is 33.2 Å². The van der Waals surface area contributed by atoms with Gasteiger partial charge < -0.3 is 14.2 Å². The lowest BCUT2D eigenvalue weighted by Crippen LogP contribution is -2.68. The molecule has 0 saturated carbocycles. The molecule has 4 rings (SSSR count). The Labute approximate surface area is 198 Å². The molecule has 9 heteroatoms. The van der Waals surface area contributed by atoms with Crippen LogP contribution >= 0.6 is 0 Å². The first-order valence-corrected chi connectivity index (χ1v) is 11.2. The van der Waals surface area contributed by atoms with Gasteiger partial charge in [-0.15, -0.1) is 10.2 Å². The van der Waals surface area contributed by atoms with Crippen LogP contribution in [0.4, 0.5) is 0 Å². The third-order valence-electron chi connectivity index (χ3n) is 5.07. The summed E-state index contributed by atoms with van der Waals surface area (Å²) < 4.78 is 56.7. The molecule has 0 radical (unpaired) electrons. The van der Waals surface area contributed by atoms with Crippen LogP contribution in [0.1, 0.15) is 5.76 Å². The molecule has 0 aliphatic rings. The lowest BCUT2D eigenvalue weighted by atomic mass is 9.94. The summed E-state index contributed by atoms with van der Waals surface area (Å²) in [4.78, 5) is 0. The molecule has 8 nitrogen and oxygen atoms in total. The lowest BCUT2D eigenvalue weighted by Gasteiger charge is -2.17. The number of halogens is 1. The molecule has 0 saturated heterocycles. The maximum atomic E-state index is 8.49. The molecule has 34 heavy (non-hydrogen) atoms. The van der Waals surface area contributed by atoms with Gasteiger partial charge in [-0.1, -0.05) is 30.3 Å². The van der Waals surface area contributed by atoms with Gasteiger partial charge in [-0.2, -0.15) is 0 Å². The highest BCUT2D eigenvalue weighted by atomic mass is 35.7. The molecule has 4 aromatic rings. The summed E-state index contributed by atoms with van der Waals surface area (Å²) in [5, 5.41) is 2.03. The van der Waals surface area contributed by atoms with Crippen LogP contribution in [0, 0.1) is 17.2 Å². The van der Waals surface area contributed by atoms with E-state index in [1.807, 2.05) is 61.5 Å². The molecule has 0 aliphatic carbocycles. The Morgan fingerprint density at radius 2 is 1.21 bits per heavy atom. The quantitative estimate of drug-likeness (QED) is 0.389. The molecule has 0 atom stereocenters. The van der Waals surface area contributed by atoms with Crippen molar-refractivity contribution in [2.75, 3.05) is 21.3 Å². The van der Waals surface area contributed by atoms with Crippen molar-refractivity contribution in [1.29, 1.82) is 0 Å². The van der Waals surface area contributed by atoms with Crippen LogP contribution in [-0.4, -0.2) is 21.3 Å². The van der Waals surface area contributed by atoms with E-state index in [9.17, 15) is 0 Å². The summed E-state index contributed by atoms with van der Waals surface area (Å²) in [6.45, 7) is 1.97. The first kappa shape index (κ1) is 25.2. The van der Waals surface area contributed by atoms with Crippen molar-refractivity contribution in [3.63, 3.8) is 0 Å². The predicted molar refractivity (Wildman–Crippen MR) is 116 cm³/mol. The predicted octanol–water partition coefficient (Wildman–Crippen LogP) is 1.63. The van der Waals surface area contributed by atoms with Gasteiger partial charge in [-0.3, -0.25) is 0 Å². The van der Waals surface area contributed by atoms with E-state index < -0.39 is 10.2 Å². The van der Waals surface area contributed by atoms with Gasteiger partial charge in [-0.25, -0.2) is 23.1 Å². The Bertz CT molecular complexity index is 1250. The van der Waals surface area contributed by atoms with Crippen molar-refractivity contribution in [1.82, 2.24) is 0 Å². The molecule has 0 fully saturated rings. The van der Waals surface area contributed by atoms with Crippen molar-refractivity contribution in [2.45, 2.75) is 6.92 Å². The van der Waals surface area contributed by atoms with E-state index in [-0.39, 0.29) is 0 Å². The molecular weight excluding hydrogens is 464 g/mol. The molecule has 1 aromatic heterocycles. The third kappa shape index (κ3) is 5.93.